The van der Waals surface area contributed by atoms with Crippen LogP contribution in [0, 0.1) is 12.0 Å². The monoisotopic (exact) mass is 200 g/mol. The summed E-state index contributed by atoms with van der Waals surface area (Å²) in [6.07, 6.45) is 5.39. The van der Waals surface area contributed by atoms with Crippen molar-refractivity contribution < 1.29 is 4.39 Å². The smallest absolute Gasteiger partial charge is 0.151 e. The second-order valence-electron chi connectivity index (χ2n) is 1.65. The van der Waals surface area contributed by atoms with Crippen LogP contribution in [0.25, 0.3) is 6.08 Å². The van der Waals surface area contributed by atoms with Crippen molar-refractivity contribution in [3.05, 3.63) is 34.8 Å². The fourth-order valence-electron chi connectivity index (χ4n) is 0.548. The van der Waals surface area contributed by atoms with Crippen LogP contribution in [0.2, 0.25) is 0 Å². The zero-order valence-corrected chi connectivity index (χ0v) is 6.60. The van der Waals surface area contributed by atoms with Gasteiger partial charge in [0.15, 0.2) is 5.82 Å². The minimum atomic E-state index is -0.442. The van der Waals surface area contributed by atoms with Crippen LogP contribution in [-0.2, 0) is 0 Å². The van der Waals surface area contributed by atoms with Gasteiger partial charge in [0.05, 0.1) is 0 Å². The molecule has 0 unspecified atom stereocenters. The van der Waals surface area contributed by atoms with Gasteiger partial charge in [0.2, 0.25) is 0 Å². The second-order valence-corrected chi connectivity index (χ2v) is 2.18. The third-order valence-corrected chi connectivity index (χ3v) is 1.20. The molecule has 0 N–H and O–H groups in total. The van der Waals surface area contributed by atoms with Crippen LogP contribution in [0.4, 0.5) is 4.39 Å². The predicted molar refractivity (Wildman–Crippen MR) is 41.0 cm³/mol. The van der Waals surface area contributed by atoms with Crippen molar-refractivity contribution in [1.29, 1.82) is 0 Å². The van der Waals surface area contributed by atoms with E-state index in [4.69, 9.17) is 0 Å². The highest BCUT2D eigenvalue weighted by Crippen LogP contribution is 2.03. The molecule has 0 amide bonds. The maximum Gasteiger partial charge on any atom is 0.151 e. The highest BCUT2D eigenvalue weighted by atomic mass is 79.9. The van der Waals surface area contributed by atoms with Gasteiger partial charge in [0, 0.05) is 6.20 Å². The first-order valence-electron chi connectivity index (χ1n) is 2.63. The maximum atomic E-state index is 12.3. The molecule has 0 aromatic carbocycles. The molecule has 0 aliphatic heterocycles. The van der Waals surface area contributed by atoms with Crippen molar-refractivity contribution in [3.8, 4) is 0 Å². The van der Waals surface area contributed by atoms with Crippen molar-refractivity contribution in [1.82, 2.24) is 4.98 Å². The Kier molecular flexibility index (Phi) is 2.57. The van der Waals surface area contributed by atoms with Crippen molar-refractivity contribution >= 4 is 22.0 Å². The van der Waals surface area contributed by atoms with Crippen LogP contribution in [0.15, 0.2) is 17.2 Å². The number of hydrogen-bond donors (Lipinski definition) is 0. The molecule has 0 spiro atoms. The van der Waals surface area contributed by atoms with E-state index in [0.29, 0.717) is 5.56 Å². The number of nitrogens with zero attached hydrogens (tertiary/aromatic N) is 1. The Bertz CT molecular complexity index is 247. The van der Waals surface area contributed by atoms with Crippen molar-refractivity contribution in [2.45, 2.75) is 0 Å². The fourth-order valence-corrected chi connectivity index (χ4v) is 0.853. The largest absolute Gasteiger partial charge is 0.251 e. The molecule has 1 rings (SSSR count). The van der Waals surface area contributed by atoms with Gasteiger partial charge in [0.25, 0.3) is 0 Å². The number of hydrogen-bond acceptors (Lipinski definition) is 1. The molecule has 1 heterocycles. The maximum absolute atomic E-state index is 12.3. The molecule has 1 nitrogen and oxygen atoms in total. The lowest BCUT2D eigenvalue weighted by atomic mass is 10.3. The molecule has 1 radical (unpaired) electrons. The Morgan fingerprint density at radius 3 is 3.10 bits per heavy atom. The lowest BCUT2D eigenvalue weighted by molar-refractivity contribution is 0.618. The Morgan fingerprint density at radius 1 is 1.70 bits per heavy atom. The molecule has 1 aromatic rings. The quantitative estimate of drug-likeness (QED) is 0.679. The highest BCUT2D eigenvalue weighted by Gasteiger charge is 1.90. The van der Waals surface area contributed by atoms with E-state index in [-0.39, 0.29) is 0 Å². The molecule has 1 aromatic heterocycles. The van der Waals surface area contributed by atoms with Crippen LogP contribution in [0.1, 0.15) is 5.56 Å². The van der Waals surface area contributed by atoms with Gasteiger partial charge in [-0.1, -0.05) is 15.9 Å². The normalized spacial score (nSPS) is 10.6. The van der Waals surface area contributed by atoms with Crippen LogP contribution >= 0.6 is 15.9 Å². The van der Waals surface area contributed by atoms with E-state index < -0.39 is 5.82 Å². The van der Waals surface area contributed by atoms with Gasteiger partial charge in [-0.3, -0.25) is 4.98 Å². The van der Waals surface area contributed by atoms with Crippen LogP contribution in [0.5, 0.6) is 0 Å². The molecule has 0 atom stereocenters. The zero-order valence-electron chi connectivity index (χ0n) is 5.01. The van der Waals surface area contributed by atoms with Gasteiger partial charge in [-0.05, 0) is 22.7 Å². The predicted octanol–water partition coefficient (Wildman–Crippen LogP) is 2.39. The molecular weight excluding hydrogens is 197 g/mol. The number of pyridine rings is 1. The van der Waals surface area contributed by atoms with Crippen molar-refractivity contribution in [2.24, 2.45) is 0 Å². The lowest BCUT2D eigenvalue weighted by Gasteiger charge is -1.88. The van der Waals surface area contributed by atoms with Crippen molar-refractivity contribution in [3.63, 3.8) is 0 Å². The van der Waals surface area contributed by atoms with Crippen LogP contribution in [-0.4, -0.2) is 4.98 Å². The zero-order chi connectivity index (χ0) is 7.40. The fraction of sp³-hybridized carbons (Fsp3) is 0. The molecule has 0 fully saturated rings. The summed E-state index contributed by atoms with van der Waals surface area (Å²) >= 11 is 3.07. The summed E-state index contributed by atoms with van der Waals surface area (Å²) in [6, 6.07) is 1.35. The molecule has 51 valence electrons. The van der Waals surface area contributed by atoms with Gasteiger partial charge in [-0.25, -0.2) is 4.39 Å². The molecule has 0 aliphatic carbocycles. The van der Waals surface area contributed by atoms with Crippen molar-refractivity contribution in [2.75, 3.05) is 0 Å². The van der Waals surface area contributed by atoms with E-state index in [1.807, 2.05) is 0 Å². The molecule has 0 saturated carbocycles. The number of halogens is 2. The molecule has 3 heteroatoms. The van der Waals surface area contributed by atoms with E-state index >= 15 is 0 Å². The molecule has 10 heavy (non-hydrogen) atoms. The van der Waals surface area contributed by atoms with Gasteiger partial charge in [-0.15, -0.1) is 0 Å². The third-order valence-electron chi connectivity index (χ3n) is 0.934. The first-order valence-corrected chi connectivity index (χ1v) is 3.54. The first kappa shape index (κ1) is 7.41. The summed E-state index contributed by atoms with van der Waals surface area (Å²) in [7, 11) is 0. The summed E-state index contributed by atoms with van der Waals surface area (Å²) in [5, 5.41) is 0. The average Bonchev–Trinajstić information content (AvgIpc) is 1.88. The van der Waals surface area contributed by atoms with Gasteiger partial charge < -0.3 is 0 Å². The minimum Gasteiger partial charge on any atom is -0.251 e. The summed E-state index contributed by atoms with van der Waals surface area (Å²) in [6.45, 7) is 0. The Morgan fingerprint density at radius 2 is 2.50 bits per heavy atom. The van der Waals surface area contributed by atoms with E-state index in [1.54, 1.807) is 11.1 Å². The average molecular weight is 201 g/mol. The SMILES string of the molecule is Fc1[c]ncc(C=CBr)c1. The van der Waals surface area contributed by atoms with Gasteiger partial charge >= 0.3 is 0 Å². The van der Waals surface area contributed by atoms with Gasteiger partial charge in [0.1, 0.15) is 6.20 Å². The van der Waals surface area contributed by atoms with Crippen LogP contribution in [0.3, 0.4) is 0 Å². The van der Waals surface area contributed by atoms with Gasteiger partial charge in [-0.2, -0.15) is 0 Å². The highest BCUT2D eigenvalue weighted by molar-refractivity contribution is 9.11. The van der Waals surface area contributed by atoms with E-state index in [0.717, 1.165) is 0 Å². The van der Waals surface area contributed by atoms with E-state index in [2.05, 4.69) is 27.1 Å². The molecular formula is C7H4BrFN. The minimum absolute atomic E-state index is 0.442. The first-order chi connectivity index (χ1) is 4.83. The lowest BCUT2D eigenvalue weighted by Crippen LogP contribution is -1.79. The summed E-state index contributed by atoms with van der Waals surface area (Å²) in [5.41, 5.74) is 0.716. The summed E-state index contributed by atoms with van der Waals surface area (Å²) in [5.74, 6) is -0.442. The number of aromatic nitrogens is 1. The topological polar surface area (TPSA) is 12.9 Å². The van der Waals surface area contributed by atoms with E-state index in [1.165, 1.54) is 12.3 Å². The number of rotatable bonds is 1. The van der Waals surface area contributed by atoms with Crippen LogP contribution < -0.4 is 0 Å². The second kappa shape index (κ2) is 3.46. The molecule has 0 bridgehead atoms. The third kappa shape index (κ3) is 1.92. The Balaban J connectivity index is 2.95. The Labute approximate surface area is 66.7 Å². The summed E-state index contributed by atoms with van der Waals surface area (Å²) in [4.78, 5) is 5.17. The summed E-state index contributed by atoms with van der Waals surface area (Å²) < 4.78 is 12.3. The standard InChI is InChI=1S/C7H4BrFN/c8-2-1-6-3-7(9)5-10-4-6/h1-4H. The molecule has 0 saturated heterocycles. The van der Waals surface area contributed by atoms with E-state index in [9.17, 15) is 4.39 Å². The molecule has 0 aliphatic rings. The Hall–Kier alpha value is -0.700.